The van der Waals surface area contributed by atoms with Crippen LogP contribution in [0.15, 0.2) is 0 Å². The van der Waals surface area contributed by atoms with E-state index in [2.05, 4.69) is 10.0 Å². The normalized spacial score (nSPS) is 23.9. The molecule has 96 valence electrons. The van der Waals surface area contributed by atoms with Crippen LogP contribution in [0.3, 0.4) is 0 Å². The van der Waals surface area contributed by atoms with Crippen LogP contribution in [0, 0.1) is 0 Å². The summed E-state index contributed by atoms with van der Waals surface area (Å²) in [6, 6.07) is 0.249. The van der Waals surface area contributed by atoms with Crippen LogP contribution in [0.25, 0.3) is 0 Å². The number of rotatable bonds is 6. The molecule has 6 heteroatoms. The summed E-state index contributed by atoms with van der Waals surface area (Å²) in [5.41, 5.74) is 0. The maximum atomic E-state index is 11.9. The molecule has 1 aliphatic heterocycles. The second-order valence-electron chi connectivity index (χ2n) is 4.60. The van der Waals surface area contributed by atoms with Crippen LogP contribution in [-0.2, 0) is 14.8 Å². The third-order valence-electron chi connectivity index (χ3n) is 2.60. The smallest absolute Gasteiger partial charge is 0.215 e. The Bertz CT molecular complexity index is 297. The highest BCUT2D eigenvalue weighted by Crippen LogP contribution is 2.07. The fraction of sp³-hybridized carbons (Fsp3) is 1.00. The van der Waals surface area contributed by atoms with Gasteiger partial charge in [0.25, 0.3) is 0 Å². The molecule has 2 N–H and O–H groups in total. The highest BCUT2D eigenvalue weighted by molar-refractivity contribution is 7.90. The van der Waals surface area contributed by atoms with Gasteiger partial charge < -0.3 is 10.1 Å². The van der Waals surface area contributed by atoms with Crippen molar-refractivity contribution in [3.05, 3.63) is 0 Å². The molecule has 0 amide bonds. The first-order valence-electron chi connectivity index (χ1n) is 5.74. The number of sulfonamides is 1. The van der Waals surface area contributed by atoms with Gasteiger partial charge in [-0.15, -0.1) is 0 Å². The summed E-state index contributed by atoms with van der Waals surface area (Å²) >= 11 is 0. The van der Waals surface area contributed by atoms with Crippen molar-refractivity contribution in [2.45, 2.75) is 44.5 Å². The Balaban J connectivity index is 2.42. The van der Waals surface area contributed by atoms with E-state index in [9.17, 15) is 8.42 Å². The third kappa shape index (κ3) is 4.37. The molecule has 1 fully saturated rings. The Morgan fingerprint density at radius 3 is 2.56 bits per heavy atom. The van der Waals surface area contributed by atoms with E-state index in [1.165, 1.54) is 0 Å². The first-order chi connectivity index (χ1) is 7.42. The molecule has 0 bridgehead atoms. The van der Waals surface area contributed by atoms with Gasteiger partial charge >= 0.3 is 0 Å². The van der Waals surface area contributed by atoms with Gasteiger partial charge in [0.15, 0.2) is 0 Å². The van der Waals surface area contributed by atoms with Gasteiger partial charge in [0, 0.05) is 25.2 Å². The summed E-state index contributed by atoms with van der Waals surface area (Å²) in [5, 5.41) is 2.71. The van der Waals surface area contributed by atoms with Crippen LogP contribution in [0.1, 0.15) is 27.2 Å². The third-order valence-corrected chi connectivity index (χ3v) is 4.49. The maximum absolute atomic E-state index is 11.9. The van der Waals surface area contributed by atoms with Crippen LogP contribution in [0.5, 0.6) is 0 Å². The largest absolute Gasteiger partial charge is 0.380 e. The van der Waals surface area contributed by atoms with Gasteiger partial charge in [-0.25, -0.2) is 13.1 Å². The Morgan fingerprint density at radius 1 is 1.38 bits per heavy atom. The average molecular weight is 250 g/mol. The van der Waals surface area contributed by atoms with E-state index in [0.29, 0.717) is 25.8 Å². The maximum Gasteiger partial charge on any atom is 0.215 e. The van der Waals surface area contributed by atoms with E-state index in [-0.39, 0.29) is 6.04 Å². The molecule has 2 atom stereocenters. The van der Waals surface area contributed by atoms with Gasteiger partial charge in [-0.3, -0.25) is 0 Å². The van der Waals surface area contributed by atoms with E-state index >= 15 is 0 Å². The molecule has 16 heavy (non-hydrogen) atoms. The summed E-state index contributed by atoms with van der Waals surface area (Å²) in [5.74, 6) is 0. The predicted molar refractivity (Wildman–Crippen MR) is 63.9 cm³/mol. The molecule has 1 aliphatic rings. The minimum Gasteiger partial charge on any atom is -0.380 e. The Labute approximate surface area is 98.0 Å². The summed E-state index contributed by atoms with van der Waals surface area (Å²) in [7, 11) is -3.23. The second kappa shape index (κ2) is 5.95. The highest BCUT2D eigenvalue weighted by atomic mass is 32.2. The SMILES string of the molecule is CC(C)NCC(C)S(=O)(=O)NC1CCOC1. The van der Waals surface area contributed by atoms with Crippen LogP contribution >= 0.6 is 0 Å². The van der Waals surface area contributed by atoms with E-state index in [0.717, 1.165) is 6.42 Å². The van der Waals surface area contributed by atoms with Crippen molar-refractivity contribution in [2.24, 2.45) is 0 Å². The molecule has 2 unspecified atom stereocenters. The van der Waals surface area contributed by atoms with Crippen LogP contribution < -0.4 is 10.0 Å². The topological polar surface area (TPSA) is 67.4 Å². The molecule has 0 aromatic carbocycles. The number of hydrogen-bond acceptors (Lipinski definition) is 4. The minimum absolute atomic E-state index is 0.0495. The predicted octanol–water partition coefficient (Wildman–Crippen LogP) is 0.0812. The van der Waals surface area contributed by atoms with Gasteiger partial charge in [-0.1, -0.05) is 13.8 Å². The van der Waals surface area contributed by atoms with Crippen molar-refractivity contribution in [2.75, 3.05) is 19.8 Å². The molecular formula is C10H22N2O3S. The first-order valence-corrected chi connectivity index (χ1v) is 7.28. The molecule has 0 aromatic heterocycles. The minimum atomic E-state index is -3.23. The molecule has 1 heterocycles. The van der Waals surface area contributed by atoms with Crippen LogP contribution in [0.2, 0.25) is 0 Å². The van der Waals surface area contributed by atoms with Crippen molar-refractivity contribution in [1.82, 2.24) is 10.0 Å². The van der Waals surface area contributed by atoms with Crippen molar-refractivity contribution >= 4 is 10.0 Å². The fourth-order valence-corrected chi connectivity index (χ4v) is 2.69. The molecule has 5 nitrogen and oxygen atoms in total. The molecule has 0 spiro atoms. The summed E-state index contributed by atoms with van der Waals surface area (Å²) in [6.07, 6.45) is 0.767. The van der Waals surface area contributed by atoms with E-state index in [1.54, 1.807) is 6.92 Å². The Morgan fingerprint density at radius 2 is 2.06 bits per heavy atom. The lowest BCUT2D eigenvalue weighted by Crippen LogP contribution is -2.44. The Kier molecular flexibility index (Phi) is 5.17. The van der Waals surface area contributed by atoms with Gasteiger partial charge in [-0.2, -0.15) is 0 Å². The monoisotopic (exact) mass is 250 g/mol. The van der Waals surface area contributed by atoms with Crippen molar-refractivity contribution in [1.29, 1.82) is 0 Å². The average Bonchev–Trinajstić information content (AvgIpc) is 2.65. The molecule has 0 radical (unpaired) electrons. The summed E-state index contributed by atoms with van der Waals surface area (Å²) in [4.78, 5) is 0. The zero-order valence-electron chi connectivity index (χ0n) is 10.2. The molecule has 1 saturated heterocycles. The molecule has 0 saturated carbocycles. The number of hydrogen-bond donors (Lipinski definition) is 2. The lowest BCUT2D eigenvalue weighted by atomic mass is 10.3. The molecular weight excluding hydrogens is 228 g/mol. The molecule has 0 aliphatic carbocycles. The van der Waals surface area contributed by atoms with Crippen molar-refractivity contribution < 1.29 is 13.2 Å². The Hall–Kier alpha value is -0.170. The van der Waals surface area contributed by atoms with Crippen LogP contribution in [-0.4, -0.2) is 45.5 Å². The number of ether oxygens (including phenoxy) is 1. The van der Waals surface area contributed by atoms with Crippen molar-refractivity contribution in [3.8, 4) is 0 Å². The van der Waals surface area contributed by atoms with E-state index in [1.807, 2.05) is 13.8 Å². The van der Waals surface area contributed by atoms with Crippen molar-refractivity contribution in [3.63, 3.8) is 0 Å². The number of nitrogens with one attached hydrogen (secondary N) is 2. The first kappa shape index (κ1) is 13.9. The second-order valence-corrected chi connectivity index (χ2v) is 6.73. The quantitative estimate of drug-likeness (QED) is 0.700. The van der Waals surface area contributed by atoms with E-state index < -0.39 is 15.3 Å². The molecule has 0 aromatic rings. The van der Waals surface area contributed by atoms with Gasteiger partial charge in [0.2, 0.25) is 10.0 Å². The van der Waals surface area contributed by atoms with E-state index in [4.69, 9.17) is 4.74 Å². The standard InChI is InChI=1S/C10H22N2O3S/c1-8(2)11-6-9(3)16(13,14)12-10-4-5-15-7-10/h8-12H,4-7H2,1-3H3. The van der Waals surface area contributed by atoms with Crippen LogP contribution in [0.4, 0.5) is 0 Å². The highest BCUT2D eigenvalue weighted by Gasteiger charge is 2.26. The van der Waals surface area contributed by atoms with Gasteiger partial charge in [-0.05, 0) is 13.3 Å². The van der Waals surface area contributed by atoms with Gasteiger partial charge in [0.1, 0.15) is 0 Å². The lowest BCUT2D eigenvalue weighted by Gasteiger charge is -2.18. The van der Waals surface area contributed by atoms with Gasteiger partial charge in [0.05, 0.1) is 11.9 Å². The lowest BCUT2D eigenvalue weighted by molar-refractivity contribution is 0.192. The molecule has 1 rings (SSSR count). The fourth-order valence-electron chi connectivity index (χ4n) is 1.49. The zero-order chi connectivity index (χ0) is 12.2. The summed E-state index contributed by atoms with van der Waals surface area (Å²) in [6.45, 7) is 7.32. The summed E-state index contributed by atoms with van der Waals surface area (Å²) < 4.78 is 31.6. The zero-order valence-corrected chi connectivity index (χ0v) is 11.0.